The van der Waals surface area contributed by atoms with Crippen molar-refractivity contribution in [2.45, 2.75) is 31.8 Å². The van der Waals surface area contributed by atoms with E-state index in [0.29, 0.717) is 12.3 Å². The Kier molecular flexibility index (Phi) is 3.77. The van der Waals surface area contributed by atoms with Gasteiger partial charge in [0.2, 0.25) is 0 Å². The van der Waals surface area contributed by atoms with Gasteiger partial charge in [0.15, 0.2) is 0 Å². The van der Waals surface area contributed by atoms with Crippen LogP contribution in [0.2, 0.25) is 0 Å². The molecular weight excluding hydrogens is 194 g/mol. The Morgan fingerprint density at radius 1 is 1.57 bits per heavy atom. The van der Waals surface area contributed by atoms with Gasteiger partial charge in [-0.3, -0.25) is 10.2 Å². The number of carbonyl (C=O) groups excluding carboxylic acids is 1. The topological polar surface area (TPSA) is 64.3 Å². The quantitative estimate of drug-likeness (QED) is 0.398. The average Bonchev–Trinajstić information content (AvgIpc) is 2.08. The first-order valence-electron chi connectivity index (χ1n) is 4.59. The summed E-state index contributed by atoms with van der Waals surface area (Å²) in [6.45, 7) is -0.106. The lowest BCUT2D eigenvalue weighted by Crippen LogP contribution is -2.45. The molecular formula is C8H14F2N2O2. The van der Waals surface area contributed by atoms with Crippen LogP contribution >= 0.6 is 0 Å². The van der Waals surface area contributed by atoms with Crippen LogP contribution in [0.4, 0.5) is 8.78 Å². The second-order valence-electron chi connectivity index (χ2n) is 3.42. The summed E-state index contributed by atoms with van der Waals surface area (Å²) in [6.07, 6.45) is 0.0618. The first kappa shape index (κ1) is 11.3. The molecule has 1 aliphatic rings. The highest BCUT2D eigenvalue weighted by Crippen LogP contribution is 2.29. The van der Waals surface area contributed by atoms with Gasteiger partial charge in [0.25, 0.3) is 0 Å². The van der Waals surface area contributed by atoms with Crippen LogP contribution in [0.1, 0.15) is 25.7 Å². The molecule has 0 radical (unpaired) electrons. The zero-order chi connectivity index (χ0) is 10.6. The van der Waals surface area contributed by atoms with Gasteiger partial charge in [0, 0.05) is 0 Å². The minimum Gasteiger partial charge on any atom is -0.313 e. The summed E-state index contributed by atoms with van der Waals surface area (Å²) in [5, 5.41) is 0. The zero-order valence-corrected chi connectivity index (χ0v) is 7.76. The number of halogens is 2. The number of ether oxygens (including phenoxy) is 1. The lowest BCUT2D eigenvalue weighted by atomic mass is 9.83. The van der Waals surface area contributed by atoms with E-state index in [1.54, 1.807) is 0 Å². The molecule has 3 N–H and O–H groups in total. The number of hydrogen-bond acceptors (Lipinski definition) is 3. The minimum atomic E-state index is -3.81. The molecule has 0 atom stereocenters. The molecule has 82 valence electrons. The Morgan fingerprint density at radius 3 is 2.64 bits per heavy atom. The van der Waals surface area contributed by atoms with Crippen molar-refractivity contribution < 1.29 is 18.3 Å². The van der Waals surface area contributed by atoms with Gasteiger partial charge in [-0.1, -0.05) is 19.3 Å². The van der Waals surface area contributed by atoms with Crippen molar-refractivity contribution in [1.29, 1.82) is 0 Å². The second-order valence-corrected chi connectivity index (χ2v) is 3.42. The van der Waals surface area contributed by atoms with E-state index in [1.807, 2.05) is 0 Å². The highest BCUT2D eigenvalue weighted by atomic mass is 19.3. The molecule has 0 unspecified atom stereocenters. The molecule has 14 heavy (non-hydrogen) atoms. The molecule has 0 aliphatic heterocycles. The SMILES string of the molecule is NNC(=O)C(F)(F)OCCC1CCC1. The smallest absolute Gasteiger partial charge is 0.313 e. The van der Waals surface area contributed by atoms with E-state index in [1.165, 1.54) is 5.43 Å². The third-order valence-corrected chi connectivity index (χ3v) is 2.43. The first-order chi connectivity index (χ1) is 6.56. The monoisotopic (exact) mass is 208 g/mol. The summed E-state index contributed by atoms with van der Waals surface area (Å²) in [5.74, 6) is 3.44. The summed E-state index contributed by atoms with van der Waals surface area (Å²) in [6, 6.07) is 0. The molecule has 0 heterocycles. The van der Waals surface area contributed by atoms with Crippen molar-refractivity contribution in [3.63, 3.8) is 0 Å². The maximum Gasteiger partial charge on any atom is 0.437 e. The zero-order valence-electron chi connectivity index (χ0n) is 7.76. The van der Waals surface area contributed by atoms with E-state index in [9.17, 15) is 13.6 Å². The summed E-state index contributed by atoms with van der Waals surface area (Å²) < 4.78 is 29.5. The highest BCUT2D eigenvalue weighted by molar-refractivity contribution is 5.81. The predicted octanol–water partition coefficient (Wildman–Crippen LogP) is 0.776. The van der Waals surface area contributed by atoms with Crippen LogP contribution in [0.3, 0.4) is 0 Å². The van der Waals surface area contributed by atoms with E-state index < -0.39 is 12.0 Å². The minimum absolute atomic E-state index is 0.106. The van der Waals surface area contributed by atoms with Crippen LogP contribution in [0.25, 0.3) is 0 Å². The van der Waals surface area contributed by atoms with E-state index in [4.69, 9.17) is 0 Å². The lowest BCUT2D eigenvalue weighted by molar-refractivity contribution is -0.232. The number of nitrogens with two attached hydrogens (primary N) is 1. The molecule has 1 aliphatic carbocycles. The fraction of sp³-hybridized carbons (Fsp3) is 0.875. The molecule has 1 rings (SSSR count). The number of alkyl halides is 2. The standard InChI is InChI=1S/C8H14F2N2O2/c9-8(10,7(13)12-11)14-5-4-6-2-1-3-6/h6H,1-5,11H2,(H,12,13). The molecule has 0 aromatic rings. The summed E-state index contributed by atoms with van der Waals surface area (Å²) in [4.78, 5) is 10.5. The average molecular weight is 208 g/mol. The van der Waals surface area contributed by atoms with Crippen molar-refractivity contribution in [2.24, 2.45) is 11.8 Å². The maximum absolute atomic E-state index is 12.7. The van der Waals surface area contributed by atoms with Gasteiger partial charge in [-0.2, -0.15) is 8.78 Å². The molecule has 4 nitrogen and oxygen atoms in total. The second kappa shape index (κ2) is 4.65. The number of rotatable bonds is 5. The molecule has 0 aromatic carbocycles. The Hall–Kier alpha value is -0.750. The van der Waals surface area contributed by atoms with Crippen LogP contribution < -0.4 is 11.3 Å². The summed E-state index contributed by atoms with van der Waals surface area (Å²) >= 11 is 0. The number of nitrogens with one attached hydrogen (secondary N) is 1. The molecule has 0 spiro atoms. The Bertz CT molecular complexity index is 208. The van der Waals surface area contributed by atoms with Crippen molar-refractivity contribution in [3.8, 4) is 0 Å². The van der Waals surface area contributed by atoms with E-state index in [2.05, 4.69) is 10.6 Å². The summed E-state index contributed by atoms with van der Waals surface area (Å²) in [5.41, 5.74) is 1.36. The van der Waals surface area contributed by atoms with Gasteiger partial charge in [0.1, 0.15) is 0 Å². The molecule has 0 saturated heterocycles. The molecule has 1 saturated carbocycles. The fourth-order valence-corrected chi connectivity index (χ4v) is 1.28. The van der Waals surface area contributed by atoms with E-state index in [-0.39, 0.29) is 6.61 Å². The first-order valence-corrected chi connectivity index (χ1v) is 4.59. The Balaban J connectivity index is 2.17. The van der Waals surface area contributed by atoms with E-state index >= 15 is 0 Å². The van der Waals surface area contributed by atoms with Gasteiger partial charge in [-0.05, 0) is 12.3 Å². The van der Waals surface area contributed by atoms with E-state index in [0.717, 1.165) is 19.3 Å². The van der Waals surface area contributed by atoms with Gasteiger partial charge < -0.3 is 4.74 Å². The maximum atomic E-state index is 12.7. The number of carbonyl (C=O) groups is 1. The van der Waals surface area contributed by atoms with Gasteiger partial charge in [0.05, 0.1) is 6.61 Å². The van der Waals surface area contributed by atoms with Crippen LogP contribution in [-0.2, 0) is 9.53 Å². The largest absolute Gasteiger partial charge is 0.437 e. The Morgan fingerprint density at radius 2 is 2.21 bits per heavy atom. The van der Waals surface area contributed by atoms with Crippen LogP contribution in [-0.4, -0.2) is 18.6 Å². The molecule has 0 aromatic heterocycles. The van der Waals surface area contributed by atoms with Gasteiger partial charge in [-0.15, -0.1) is 0 Å². The van der Waals surface area contributed by atoms with Crippen molar-refractivity contribution >= 4 is 5.91 Å². The number of amides is 1. The van der Waals surface area contributed by atoms with Crippen LogP contribution in [0, 0.1) is 5.92 Å². The molecule has 1 fully saturated rings. The Labute approximate surface area is 80.8 Å². The molecule has 6 heteroatoms. The van der Waals surface area contributed by atoms with Crippen molar-refractivity contribution in [3.05, 3.63) is 0 Å². The molecule has 1 amide bonds. The highest BCUT2D eigenvalue weighted by Gasteiger charge is 2.40. The van der Waals surface area contributed by atoms with Crippen LogP contribution in [0.5, 0.6) is 0 Å². The third-order valence-electron chi connectivity index (χ3n) is 2.43. The summed E-state index contributed by atoms with van der Waals surface area (Å²) in [7, 11) is 0. The predicted molar refractivity (Wildman–Crippen MR) is 45.2 cm³/mol. The normalized spacial score (nSPS) is 17.6. The van der Waals surface area contributed by atoms with Gasteiger partial charge >= 0.3 is 12.0 Å². The van der Waals surface area contributed by atoms with Crippen molar-refractivity contribution in [1.82, 2.24) is 5.43 Å². The van der Waals surface area contributed by atoms with Gasteiger partial charge in [-0.25, -0.2) is 5.84 Å². The number of hydrazine groups is 1. The van der Waals surface area contributed by atoms with Crippen LogP contribution in [0.15, 0.2) is 0 Å². The number of hydrogen-bond donors (Lipinski definition) is 2. The van der Waals surface area contributed by atoms with Crippen molar-refractivity contribution in [2.75, 3.05) is 6.61 Å². The lowest BCUT2D eigenvalue weighted by Gasteiger charge is -2.25. The molecule has 0 bridgehead atoms. The third kappa shape index (κ3) is 2.88. The fourth-order valence-electron chi connectivity index (χ4n) is 1.28.